The monoisotopic (exact) mass is 365 g/mol. The molecule has 1 amide bonds. The second kappa shape index (κ2) is 6.11. The summed E-state index contributed by atoms with van der Waals surface area (Å²) in [6, 6.07) is 8.25. The summed E-state index contributed by atoms with van der Waals surface area (Å²) in [6.07, 6.45) is 0. The van der Waals surface area contributed by atoms with Crippen molar-refractivity contribution in [2.24, 2.45) is 0 Å². The van der Waals surface area contributed by atoms with Gasteiger partial charge in [-0.15, -0.1) is 0 Å². The van der Waals surface area contributed by atoms with Crippen LogP contribution in [0.1, 0.15) is 28.4 Å². The standard InChI is InChI=1S/C18H14ClF2NO3/c1-18(21)12-7-6-10(16(23)25-2)8-15(12)22(17(18)24)9-11-13(19)4-3-5-14(11)20/h3-8H,9H2,1-2H3. The normalized spacial score (nSPS) is 19.1. The molecule has 25 heavy (non-hydrogen) atoms. The van der Waals surface area contributed by atoms with Crippen LogP contribution in [0.5, 0.6) is 0 Å². The third kappa shape index (κ3) is 2.76. The highest BCUT2D eigenvalue weighted by Crippen LogP contribution is 2.44. The van der Waals surface area contributed by atoms with E-state index in [4.69, 9.17) is 11.6 Å². The van der Waals surface area contributed by atoms with Crippen molar-refractivity contribution in [2.75, 3.05) is 12.0 Å². The molecule has 2 aromatic rings. The molecule has 0 saturated heterocycles. The van der Waals surface area contributed by atoms with Crippen molar-refractivity contribution < 1.29 is 23.1 Å². The first kappa shape index (κ1) is 17.4. The maximum absolute atomic E-state index is 14.9. The molecule has 0 spiro atoms. The Labute approximate surface area is 148 Å². The number of hydrogen-bond donors (Lipinski definition) is 0. The SMILES string of the molecule is COC(=O)c1ccc2c(c1)N(Cc1c(F)cccc1Cl)C(=O)C2(C)F. The van der Waals surface area contributed by atoms with E-state index in [-0.39, 0.29) is 33.9 Å². The number of benzene rings is 2. The van der Waals surface area contributed by atoms with Crippen LogP contribution in [0.15, 0.2) is 36.4 Å². The number of ether oxygens (including phenoxy) is 1. The minimum absolute atomic E-state index is 0.0737. The van der Waals surface area contributed by atoms with Gasteiger partial charge in [0.2, 0.25) is 5.67 Å². The molecule has 1 atom stereocenters. The first-order chi connectivity index (χ1) is 11.8. The second-order valence-electron chi connectivity index (χ2n) is 5.82. The molecule has 4 nitrogen and oxygen atoms in total. The highest BCUT2D eigenvalue weighted by atomic mass is 35.5. The highest BCUT2D eigenvalue weighted by Gasteiger charge is 2.48. The summed E-state index contributed by atoms with van der Waals surface area (Å²) in [7, 11) is 1.22. The van der Waals surface area contributed by atoms with Crippen molar-refractivity contribution >= 4 is 29.2 Å². The fourth-order valence-corrected chi connectivity index (χ4v) is 3.10. The molecule has 3 rings (SSSR count). The van der Waals surface area contributed by atoms with Crippen LogP contribution in [0.4, 0.5) is 14.5 Å². The summed E-state index contributed by atoms with van der Waals surface area (Å²) in [5.74, 6) is -2.06. The third-order valence-electron chi connectivity index (χ3n) is 4.24. The Morgan fingerprint density at radius 1 is 1.32 bits per heavy atom. The number of amides is 1. The fourth-order valence-electron chi connectivity index (χ4n) is 2.87. The molecule has 130 valence electrons. The van der Waals surface area contributed by atoms with Crippen LogP contribution in [0.3, 0.4) is 0 Å². The lowest BCUT2D eigenvalue weighted by atomic mass is 9.98. The number of methoxy groups -OCH3 is 1. The summed E-state index contributed by atoms with van der Waals surface area (Å²) in [5.41, 5.74) is -1.74. The largest absolute Gasteiger partial charge is 0.465 e. The zero-order valence-electron chi connectivity index (χ0n) is 13.5. The number of carbonyl (C=O) groups excluding carboxylic acids is 2. The van der Waals surface area contributed by atoms with Crippen molar-refractivity contribution in [2.45, 2.75) is 19.1 Å². The summed E-state index contributed by atoms with van der Waals surface area (Å²) in [6.45, 7) is 0.885. The van der Waals surface area contributed by atoms with E-state index in [0.717, 1.165) is 11.8 Å². The van der Waals surface area contributed by atoms with E-state index in [1.807, 2.05) is 0 Å². The van der Waals surface area contributed by atoms with Crippen LogP contribution < -0.4 is 4.90 Å². The van der Waals surface area contributed by atoms with Gasteiger partial charge in [-0.2, -0.15) is 0 Å². The first-order valence-corrected chi connectivity index (χ1v) is 7.81. The molecular weight excluding hydrogens is 352 g/mol. The smallest absolute Gasteiger partial charge is 0.337 e. The van der Waals surface area contributed by atoms with Gasteiger partial charge < -0.3 is 9.64 Å². The van der Waals surface area contributed by atoms with E-state index in [9.17, 15) is 18.4 Å². The van der Waals surface area contributed by atoms with Crippen molar-refractivity contribution in [3.63, 3.8) is 0 Å². The van der Waals surface area contributed by atoms with E-state index in [0.29, 0.717) is 0 Å². The number of hydrogen-bond acceptors (Lipinski definition) is 3. The number of carbonyl (C=O) groups is 2. The summed E-state index contributed by atoms with van der Waals surface area (Å²) < 4.78 is 33.7. The van der Waals surface area contributed by atoms with Gasteiger partial charge in [0.05, 0.1) is 24.9 Å². The molecule has 0 fully saturated rings. The number of rotatable bonds is 3. The molecule has 0 bridgehead atoms. The maximum atomic E-state index is 14.9. The van der Waals surface area contributed by atoms with Crippen LogP contribution in [0.25, 0.3) is 0 Å². The van der Waals surface area contributed by atoms with Gasteiger partial charge in [0.1, 0.15) is 5.82 Å². The Hall–Kier alpha value is -2.47. The predicted molar refractivity (Wildman–Crippen MR) is 88.8 cm³/mol. The minimum Gasteiger partial charge on any atom is -0.465 e. The van der Waals surface area contributed by atoms with Gasteiger partial charge in [-0.05, 0) is 31.2 Å². The Balaban J connectivity index is 2.10. The zero-order valence-corrected chi connectivity index (χ0v) is 14.2. The highest BCUT2D eigenvalue weighted by molar-refractivity contribution is 6.31. The molecule has 0 aromatic heterocycles. The number of halogens is 3. The third-order valence-corrected chi connectivity index (χ3v) is 4.59. The van der Waals surface area contributed by atoms with Crippen LogP contribution >= 0.6 is 11.6 Å². The first-order valence-electron chi connectivity index (χ1n) is 7.44. The van der Waals surface area contributed by atoms with E-state index in [2.05, 4.69) is 4.74 Å². The lowest BCUT2D eigenvalue weighted by Gasteiger charge is -2.20. The lowest BCUT2D eigenvalue weighted by molar-refractivity contribution is -0.128. The molecule has 1 aliphatic heterocycles. The molecule has 1 aliphatic rings. The second-order valence-corrected chi connectivity index (χ2v) is 6.23. The molecule has 1 heterocycles. The lowest BCUT2D eigenvalue weighted by Crippen LogP contribution is -2.35. The van der Waals surface area contributed by atoms with Gasteiger partial charge in [0, 0.05) is 16.1 Å². The van der Waals surface area contributed by atoms with Crippen molar-refractivity contribution in [3.8, 4) is 0 Å². The van der Waals surface area contributed by atoms with Crippen molar-refractivity contribution in [1.82, 2.24) is 0 Å². The molecule has 0 aliphatic carbocycles. The Kier molecular flexibility index (Phi) is 4.24. The molecule has 0 N–H and O–H groups in total. The summed E-state index contributed by atoms with van der Waals surface area (Å²) >= 11 is 6.01. The van der Waals surface area contributed by atoms with Gasteiger partial charge in [-0.1, -0.05) is 23.7 Å². The van der Waals surface area contributed by atoms with Gasteiger partial charge >= 0.3 is 5.97 Å². The number of nitrogens with zero attached hydrogens (tertiary/aromatic N) is 1. The number of fused-ring (bicyclic) bond motifs is 1. The molecule has 7 heteroatoms. The Morgan fingerprint density at radius 2 is 2.04 bits per heavy atom. The summed E-state index contributed by atoms with van der Waals surface area (Å²) in [5, 5.41) is 0.130. The number of anilines is 1. The van der Waals surface area contributed by atoms with Crippen LogP contribution in [0, 0.1) is 5.82 Å². The summed E-state index contributed by atoms with van der Waals surface area (Å²) in [4.78, 5) is 25.3. The maximum Gasteiger partial charge on any atom is 0.337 e. The number of alkyl halides is 1. The van der Waals surface area contributed by atoms with Gasteiger partial charge in [0.25, 0.3) is 5.91 Å². The fraction of sp³-hybridized carbons (Fsp3) is 0.222. The van der Waals surface area contributed by atoms with Crippen LogP contribution in [-0.4, -0.2) is 19.0 Å². The Morgan fingerprint density at radius 3 is 2.68 bits per heavy atom. The van der Waals surface area contributed by atoms with E-state index < -0.39 is 23.4 Å². The average Bonchev–Trinajstić information content (AvgIpc) is 2.77. The molecule has 0 radical (unpaired) electrons. The zero-order chi connectivity index (χ0) is 18.4. The predicted octanol–water partition coefficient (Wildman–Crippen LogP) is 4.00. The van der Waals surface area contributed by atoms with Crippen molar-refractivity contribution in [3.05, 3.63) is 63.9 Å². The topological polar surface area (TPSA) is 46.6 Å². The van der Waals surface area contributed by atoms with E-state index >= 15 is 0 Å². The molecular formula is C18H14ClF2NO3. The van der Waals surface area contributed by atoms with Crippen LogP contribution in [-0.2, 0) is 21.7 Å². The molecule has 1 unspecified atom stereocenters. The molecule has 0 saturated carbocycles. The van der Waals surface area contributed by atoms with E-state index in [1.165, 1.54) is 43.5 Å². The van der Waals surface area contributed by atoms with Gasteiger partial charge in [-0.25, -0.2) is 13.6 Å². The Bertz CT molecular complexity index is 862. The number of esters is 1. The van der Waals surface area contributed by atoms with Gasteiger partial charge in [-0.3, -0.25) is 4.79 Å². The quantitative estimate of drug-likeness (QED) is 0.772. The average molecular weight is 366 g/mol. The van der Waals surface area contributed by atoms with Gasteiger partial charge in [0.15, 0.2) is 0 Å². The van der Waals surface area contributed by atoms with Crippen LogP contribution in [0.2, 0.25) is 5.02 Å². The molecule has 2 aromatic carbocycles. The van der Waals surface area contributed by atoms with E-state index in [1.54, 1.807) is 0 Å². The minimum atomic E-state index is -2.28. The van der Waals surface area contributed by atoms with Crippen molar-refractivity contribution in [1.29, 1.82) is 0 Å².